The van der Waals surface area contributed by atoms with E-state index in [4.69, 9.17) is 10.5 Å². The Kier molecular flexibility index (Phi) is 8.43. The molecule has 0 aliphatic heterocycles. The molecule has 9 heteroatoms. The largest absolute Gasteiger partial charge is 0.383 e. The summed E-state index contributed by atoms with van der Waals surface area (Å²) in [7, 11) is 1.52. The van der Waals surface area contributed by atoms with Gasteiger partial charge in [-0.3, -0.25) is 24.0 Å². The average molecular weight is 437 g/mol. The molecule has 2 aromatic rings. The van der Waals surface area contributed by atoms with Crippen molar-refractivity contribution >= 4 is 28.7 Å². The number of anilines is 2. The number of nitrogen functional groups attached to an aromatic ring is 1. The van der Waals surface area contributed by atoms with Crippen LogP contribution in [0.5, 0.6) is 0 Å². The van der Waals surface area contributed by atoms with Gasteiger partial charge in [0, 0.05) is 25.1 Å². The lowest BCUT2D eigenvalue weighted by molar-refractivity contribution is 0.0979. The number of nitrogens with one attached hydrogen (secondary N) is 1. The maximum absolute atomic E-state index is 13.4. The third kappa shape index (κ3) is 5.20. The van der Waals surface area contributed by atoms with Crippen molar-refractivity contribution in [2.24, 2.45) is 5.92 Å². The van der Waals surface area contributed by atoms with Crippen molar-refractivity contribution in [2.45, 2.75) is 53.5 Å². The highest BCUT2D eigenvalue weighted by Crippen LogP contribution is 2.28. The number of aromatic nitrogens is 2. The highest BCUT2D eigenvalue weighted by molar-refractivity contribution is 7.14. The fourth-order valence-electron chi connectivity index (χ4n) is 3.32. The first-order valence-corrected chi connectivity index (χ1v) is 11.1. The molecular weight excluding hydrogens is 404 g/mol. The van der Waals surface area contributed by atoms with E-state index in [1.165, 1.54) is 32.8 Å². The molecule has 0 fully saturated rings. The second-order valence-corrected chi connectivity index (χ2v) is 8.75. The third-order valence-electron chi connectivity index (χ3n) is 4.76. The molecule has 0 bridgehead atoms. The Labute approximate surface area is 180 Å². The van der Waals surface area contributed by atoms with Crippen LogP contribution in [0.25, 0.3) is 0 Å². The van der Waals surface area contributed by atoms with Crippen LogP contribution < -0.4 is 21.9 Å². The molecule has 8 nitrogen and oxygen atoms in total. The summed E-state index contributed by atoms with van der Waals surface area (Å²) in [5, 5.41) is 0. The summed E-state index contributed by atoms with van der Waals surface area (Å²) >= 11 is 1.45. The molecule has 2 aromatic heterocycles. The first-order valence-electron chi connectivity index (χ1n) is 10.3. The number of aryl methyl sites for hydroxylation is 2. The Balaban J connectivity index is 2.59. The van der Waals surface area contributed by atoms with E-state index >= 15 is 0 Å². The van der Waals surface area contributed by atoms with Crippen LogP contribution in [0.3, 0.4) is 0 Å². The van der Waals surface area contributed by atoms with Crippen molar-refractivity contribution in [3.63, 3.8) is 0 Å². The molecule has 0 saturated carbocycles. The van der Waals surface area contributed by atoms with Crippen LogP contribution in [-0.2, 0) is 24.1 Å². The number of methoxy groups -OCH3 is 1. The quantitative estimate of drug-likeness (QED) is 0.595. The number of nitrogens with zero attached hydrogens (tertiary/aromatic N) is 2. The van der Waals surface area contributed by atoms with Gasteiger partial charge in [0.1, 0.15) is 5.82 Å². The molecule has 0 aromatic carbocycles. The Morgan fingerprint density at radius 2 is 2.03 bits per heavy atom. The monoisotopic (exact) mass is 436 g/mol. The Morgan fingerprint density at radius 3 is 2.60 bits per heavy atom. The Morgan fingerprint density at radius 1 is 1.33 bits per heavy atom. The van der Waals surface area contributed by atoms with Crippen molar-refractivity contribution in [2.75, 3.05) is 30.9 Å². The average Bonchev–Trinajstić information content (AvgIpc) is 3.10. The molecule has 0 unspecified atom stereocenters. The molecule has 166 valence electrons. The SMILES string of the molecule is CCCc1sc(C(=O)N(CCOC)c2c(N)n(CC(C)C)c(=O)[nH]c2=O)cc1CC. The van der Waals surface area contributed by atoms with E-state index in [2.05, 4.69) is 18.8 Å². The Bertz CT molecular complexity index is 990. The van der Waals surface area contributed by atoms with Gasteiger partial charge in [0.05, 0.1) is 11.5 Å². The number of hydrogen-bond acceptors (Lipinski definition) is 6. The van der Waals surface area contributed by atoms with Crippen LogP contribution in [0.2, 0.25) is 0 Å². The molecule has 0 aliphatic carbocycles. The molecule has 3 N–H and O–H groups in total. The van der Waals surface area contributed by atoms with Crippen LogP contribution in [0.15, 0.2) is 15.7 Å². The number of thiophene rings is 1. The first-order chi connectivity index (χ1) is 14.2. The predicted octanol–water partition coefficient (Wildman–Crippen LogP) is 2.64. The zero-order valence-electron chi connectivity index (χ0n) is 18.4. The lowest BCUT2D eigenvalue weighted by Gasteiger charge is -2.24. The topological polar surface area (TPSA) is 110 Å². The molecule has 0 spiro atoms. The van der Waals surface area contributed by atoms with E-state index in [9.17, 15) is 14.4 Å². The van der Waals surface area contributed by atoms with Gasteiger partial charge in [-0.1, -0.05) is 34.1 Å². The van der Waals surface area contributed by atoms with Crippen LogP contribution in [0.1, 0.15) is 54.2 Å². The molecule has 0 saturated heterocycles. The predicted molar refractivity (Wildman–Crippen MR) is 122 cm³/mol. The van der Waals surface area contributed by atoms with E-state index in [-0.39, 0.29) is 36.5 Å². The fourth-order valence-corrected chi connectivity index (χ4v) is 4.63. The van der Waals surface area contributed by atoms with Crippen molar-refractivity contribution in [3.8, 4) is 0 Å². The number of aromatic amines is 1. The summed E-state index contributed by atoms with van der Waals surface area (Å²) in [6, 6.07) is 1.90. The van der Waals surface area contributed by atoms with Crippen molar-refractivity contribution < 1.29 is 9.53 Å². The van der Waals surface area contributed by atoms with E-state index in [1.54, 1.807) is 0 Å². The van der Waals surface area contributed by atoms with Gasteiger partial charge in [-0.05, 0) is 30.4 Å². The van der Waals surface area contributed by atoms with Crippen LogP contribution in [0.4, 0.5) is 11.5 Å². The zero-order chi connectivity index (χ0) is 22.4. The zero-order valence-corrected chi connectivity index (χ0v) is 19.2. The highest BCUT2D eigenvalue weighted by atomic mass is 32.1. The normalized spacial score (nSPS) is 11.3. The van der Waals surface area contributed by atoms with Crippen LogP contribution >= 0.6 is 11.3 Å². The molecule has 1 amide bonds. The second kappa shape index (κ2) is 10.6. The molecule has 0 aliphatic rings. The lowest BCUT2D eigenvalue weighted by atomic mass is 10.1. The number of H-pyrrole nitrogens is 1. The molecule has 0 atom stereocenters. The van der Waals surface area contributed by atoms with Gasteiger partial charge < -0.3 is 10.5 Å². The number of amides is 1. The van der Waals surface area contributed by atoms with E-state index < -0.39 is 11.2 Å². The Hall–Kier alpha value is -2.39. The van der Waals surface area contributed by atoms with Gasteiger partial charge in [0.25, 0.3) is 11.5 Å². The summed E-state index contributed by atoms with van der Waals surface area (Å²) in [4.78, 5) is 43.8. The summed E-state index contributed by atoms with van der Waals surface area (Å²) in [6.07, 6.45) is 2.72. The second-order valence-electron chi connectivity index (χ2n) is 7.61. The lowest BCUT2D eigenvalue weighted by Crippen LogP contribution is -2.42. The maximum atomic E-state index is 13.4. The first kappa shape index (κ1) is 23.9. The smallest absolute Gasteiger partial charge is 0.330 e. The molecule has 30 heavy (non-hydrogen) atoms. The number of hydrogen-bond donors (Lipinski definition) is 2. The molecular formula is C21H32N4O4S. The highest BCUT2D eigenvalue weighted by Gasteiger charge is 2.27. The number of nitrogens with two attached hydrogens (primary N) is 1. The standard InChI is InChI=1S/C21H32N4O4S/c1-6-8-15-14(7-2)11-16(30-15)20(27)24(9-10-29-5)17-18(22)25(12-13(3)4)21(28)23-19(17)26/h11,13H,6-10,12,22H2,1-5H3,(H,23,26,28). The number of carbonyl (C=O) groups is 1. The van der Waals surface area contributed by atoms with Gasteiger partial charge in [-0.25, -0.2) is 4.79 Å². The van der Waals surface area contributed by atoms with E-state index in [1.807, 2.05) is 19.9 Å². The maximum Gasteiger partial charge on any atom is 0.330 e. The fraction of sp³-hybridized carbons (Fsp3) is 0.571. The number of ether oxygens (including phenoxy) is 1. The van der Waals surface area contributed by atoms with Crippen LogP contribution in [-0.4, -0.2) is 35.7 Å². The summed E-state index contributed by atoms with van der Waals surface area (Å²) < 4.78 is 6.46. The molecule has 2 rings (SSSR count). The summed E-state index contributed by atoms with van der Waals surface area (Å²) in [6.45, 7) is 8.74. The minimum Gasteiger partial charge on any atom is -0.383 e. The molecule has 0 radical (unpaired) electrons. The number of rotatable bonds is 10. The third-order valence-corrected chi connectivity index (χ3v) is 5.99. The van der Waals surface area contributed by atoms with Crippen LogP contribution in [0, 0.1) is 5.92 Å². The van der Waals surface area contributed by atoms with E-state index in [0.29, 0.717) is 11.4 Å². The molecule has 2 heterocycles. The van der Waals surface area contributed by atoms with Crippen molar-refractivity contribution in [3.05, 3.63) is 42.2 Å². The van der Waals surface area contributed by atoms with Gasteiger partial charge >= 0.3 is 5.69 Å². The van der Waals surface area contributed by atoms with Crippen molar-refractivity contribution in [1.82, 2.24) is 9.55 Å². The van der Waals surface area contributed by atoms with E-state index in [0.717, 1.165) is 24.8 Å². The van der Waals surface area contributed by atoms with Crippen molar-refractivity contribution in [1.29, 1.82) is 0 Å². The van der Waals surface area contributed by atoms with Gasteiger partial charge in [-0.15, -0.1) is 11.3 Å². The summed E-state index contributed by atoms with van der Waals surface area (Å²) in [5.74, 6) is -0.197. The van der Waals surface area contributed by atoms with Gasteiger partial charge in [0.15, 0.2) is 5.69 Å². The minimum absolute atomic E-state index is 0.0112. The van der Waals surface area contributed by atoms with Gasteiger partial charge in [0.2, 0.25) is 0 Å². The van der Waals surface area contributed by atoms with Gasteiger partial charge in [-0.2, -0.15) is 0 Å². The summed E-state index contributed by atoms with van der Waals surface area (Å²) in [5.41, 5.74) is 6.11. The minimum atomic E-state index is -0.678. The number of carbonyl (C=O) groups excluding carboxylic acids is 1.